The van der Waals surface area contributed by atoms with E-state index in [1.165, 1.54) is 17.8 Å². The molecule has 7 heteroatoms. The largest absolute Gasteiger partial charge is 0.497 e. The van der Waals surface area contributed by atoms with Crippen molar-refractivity contribution in [3.05, 3.63) is 29.6 Å². The third-order valence-electron chi connectivity index (χ3n) is 4.68. The summed E-state index contributed by atoms with van der Waals surface area (Å²) >= 11 is 1.51. The van der Waals surface area contributed by atoms with Crippen LogP contribution in [-0.2, 0) is 4.79 Å². The summed E-state index contributed by atoms with van der Waals surface area (Å²) in [7, 11) is 1.65. The van der Waals surface area contributed by atoms with Gasteiger partial charge in [0.1, 0.15) is 5.75 Å². The van der Waals surface area contributed by atoms with Gasteiger partial charge in [-0.15, -0.1) is 16.4 Å². The van der Waals surface area contributed by atoms with Crippen molar-refractivity contribution in [2.24, 2.45) is 5.92 Å². The zero-order valence-corrected chi connectivity index (χ0v) is 14.9. The van der Waals surface area contributed by atoms with Gasteiger partial charge in [-0.05, 0) is 37.1 Å². The van der Waals surface area contributed by atoms with Gasteiger partial charge in [0.25, 0.3) is 0 Å². The van der Waals surface area contributed by atoms with Crippen LogP contribution in [0.5, 0.6) is 5.75 Å². The van der Waals surface area contributed by atoms with Gasteiger partial charge in [0.2, 0.25) is 16.8 Å². The van der Waals surface area contributed by atoms with Crippen molar-refractivity contribution in [2.45, 2.75) is 32.1 Å². The van der Waals surface area contributed by atoms with Crippen LogP contribution in [0.25, 0.3) is 16.2 Å². The number of hydrogen-bond acceptors (Lipinski definition) is 5. The lowest BCUT2D eigenvalue weighted by Crippen LogP contribution is -2.25. The minimum absolute atomic E-state index is 0.0453. The van der Waals surface area contributed by atoms with Crippen LogP contribution in [0.2, 0.25) is 0 Å². The number of methoxy groups -OCH3 is 1. The quantitative estimate of drug-likeness (QED) is 0.767. The number of aromatic nitrogens is 3. The van der Waals surface area contributed by atoms with Crippen LogP contribution in [0.4, 0.5) is 5.95 Å². The molecule has 3 aromatic rings. The first-order valence-electron chi connectivity index (χ1n) is 8.54. The molecular formula is C18H20N4O2S. The highest BCUT2D eigenvalue weighted by Gasteiger charge is 2.22. The predicted octanol–water partition coefficient (Wildman–Crippen LogP) is 3.99. The monoisotopic (exact) mass is 356 g/mol. The smallest absolute Gasteiger partial charge is 0.250 e. The van der Waals surface area contributed by atoms with Gasteiger partial charge >= 0.3 is 0 Å². The van der Waals surface area contributed by atoms with Crippen molar-refractivity contribution in [1.29, 1.82) is 0 Å². The lowest BCUT2D eigenvalue weighted by atomic mass is 9.89. The van der Waals surface area contributed by atoms with E-state index >= 15 is 0 Å². The summed E-state index contributed by atoms with van der Waals surface area (Å²) in [5, 5.41) is 9.39. The molecule has 25 heavy (non-hydrogen) atoms. The Hall–Kier alpha value is -2.41. The standard InChI is InChI=1S/C18H20N4O2S/c1-24-14-9-7-12(8-10-14)15-11-25-18-20-17(21-22(15)18)19-16(23)13-5-3-2-4-6-13/h7-11,13H,2-6H2,1H3,(H,19,21,23). The van der Waals surface area contributed by atoms with Gasteiger partial charge in [-0.1, -0.05) is 19.3 Å². The van der Waals surface area contributed by atoms with Crippen LogP contribution >= 0.6 is 11.3 Å². The number of thiazole rings is 1. The summed E-state index contributed by atoms with van der Waals surface area (Å²) in [5.74, 6) is 1.34. The Bertz CT molecular complexity index is 878. The highest BCUT2D eigenvalue weighted by Crippen LogP contribution is 2.28. The van der Waals surface area contributed by atoms with Crippen LogP contribution < -0.4 is 10.1 Å². The molecule has 2 heterocycles. The average Bonchev–Trinajstić information content (AvgIpc) is 3.22. The SMILES string of the molecule is COc1ccc(-c2csc3nc(NC(=O)C4CCCCC4)nn23)cc1. The van der Waals surface area contributed by atoms with Gasteiger partial charge in [0.05, 0.1) is 12.8 Å². The molecule has 1 aromatic carbocycles. The second kappa shape index (κ2) is 6.84. The molecule has 0 bridgehead atoms. The zero-order valence-electron chi connectivity index (χ0n) is 14.1. The number of carbonyl (C=O) groups excluding carboxylic acids is 1. The molecule has 0 spiro atoms. The van der Waals surface area contributed by atoms with Crippen LogP contribution in [0.1, 0.15) is 32.1 Å². The molecule has 1 aliphatic rings. The minimum atomic E-state index is 0.0453. The first kappa shape index (κ1) is 16.1. The Morgan fingerprint density at radius 3 is 2.72 bits per heavy atom. The van der Waals surface area contributed by atoms with Gasteiger partial charge in [0, 0.05) is 16.9 Å². The molecule has 1 aliphatic carbocycles. The summed E-state index contributed by atoms with van der Waals surface area (Å²) in [5.41, 5.74) is 1.98. The number of amides is 1. The molecule has 0 aliphatic heterocycles. The Morgan fingerprint density at radius 2 is 2.00 bits per heavy atom. The minimum Gasteiger partial charge on any atom is -0.497 e. The third kappa shape index (κ3) is 3.24. The number of anilines is 1. The normalized spacial score (nSPS) is 15.4. The maximum absolute atomic E-state index is 12.4. The maximum Gasteiger partial charge on any atom is 0.250 e. The van der Waals surface area contributed by atoms with E-state index < -0.39 is 0 Å². The molecule has 0 radical (unpaired) electrons. The molecule has 0 saturated heterocycles. The van der Waals surface area contributed by atoms with E-state index in [0.29, 0.717) is 5.95 Å². The first-order valence-corrected chi connectivity index (χ1v) is 9.42. The van der Waals surface area contributed by atoms with E-state index in [2.05, 4.69) is 15.4 Å². The number of nitrogens with zero attached hydrogens (tertiary/aromatic N) is 3. The van der Waals surface area contributed by atoms with Gasteiger partial charge in [-0.3, -0.25) is 10.1 Å². The topological polar surface area (TPSA) is 68.5 Å². The summed E-state index contributed by atoms with van der Waals surface area (Å²) in [6, 6.07) is 7.81. The molecule has 6 nitrogen and oxygen atoms in total. The van der Waals surface area contributed by atoms with Crippen LogP contribution in [0.15, 0.2) is 29.6 Å². The third-order valence-corrected chi connectivity index (χ3v) is 5.49. The Morgan fingerprint density at radius 1 is 1.24 bits per heavy atom. The van der Waals surface area contributed by atoms with Crippen molar-refractivity contribution < 1.29 is 9.53 Å². The van der Waals surface area contributed by atoms with Crippen molar-refractivity contribution in [3.8, 4) is 17.0 Å². The lowest BCUT2D eigenvalue weighted by molar-refractivity contribution is -0.120. The summed E-state index contributed by atoms with van der Waals surface area (Å²) in [6.07, 6.45) is 5.42. The van der Waals surface area contributed by atoms with Crippen molar-refractivity contribution in [3.63, 3.8) is 0 Å². The number of rotatable bonds is 4. The highest BCUT2D eigenvalue weighted by atomic mass is 32.1. The van der Waals surface area contributed by atoms with Crippen LogP contribution in [0, 0.1) is 5.92 Å². The van der Waals surface area contributed by atoms with E-state index in [1.807, 2.05) is 29.6 Å². The molecule has 1 fully saturated rings. The van der Waals surface area contributed by atoms with E-state index in [9.17, 15) is 4.79 Å². The van der Waals surface area contributed by atoms with Gasteiger partial charge in [-0.2, -0.15) is 4.98 Å². The van der Waals surface area contributed by atoms with Crippen molar-refractivity contribution in [1.82, 2.24) is 14.6 Å². The fraction of sp³-hybridized carbons (Fsp3) is 0.389. The lowest BCUT2D eigenvalue weighted by Gasteiger charge is -2.19. The number of carbonyl (C=O) groups is 1. The molecule has 1 N–H and O–H groups in total. The van der Waals surface area contributed by atoms with Gasteiger partial charge in [0.15, 0.2) is 0 Å². The first-order chi connectivity index (χ1) is 12.2. The highest BCUT2D eigenvalue weighted by molar-refractivity contribution is 7.15. The summed E-state index contributed by atoms with van der Waals surface area (Å²) in [4.78, 5) is 17.6. The second-order valence-electron chi connectivity index (χ2n) is 6.30. The average molecular weight is 356 g/mol. The predicted molar refractivity (Wildman–Crippen MR) is 98.1 cm³/mol. The van der Waals surface area contributed by atoms with E-state index in [4.69, 9.17) is 4.74 Å². The van der Waals surface area contributed by atoms with Crippen LogP contribution in [0.3, 0.4) is 0 Å². The number of fused-ring (bicyclic) bond motifs is 1. The van der Waals surface area contributed by atoms with Gasteiger partial charge in [-0.25, -0.2) is 4.52 Å². The van der Waals surface area contributed by atoms with E-state index in [1.54, 1.807) is 11.6 Å². The number of ether oxygens (including phenoxy) is 1. The zero-order chi connectivity index (χ0) is 17.2. The number of nitrogens with one attached hydrogen (secondary N) is 1. The molecule has 1 saturated carbocycles. The van der Waals surface area contributed by atoms with Crippen molar-refractivity contribution in [2.75, 3.05) is 12.4 Å². The van der Waals surface area contributed by atoms with E-state index in [0.717, 1.165) is 47.7 Å². The molecule has 0 atom stereocenters. The molecule has 0 unspecified atom stereocenters. The Labute approximate surface area is 149 Å². The summed E-state index contributed by atoms with van der Waals surface area (Å²) < 4.78 is 6.98. The molecule has 4 rings (SSSR count). The maximum atomic E-state index is 12.4. The number of benzene rings is 1. The van der Waals surface area contributed by atoms with E-state index in [-0.39, 0.29) is 11.8 Å². The van der Waals surface area contributed by atoms with Crippen LogP contribution in [-0.4, -0.2) is 27.6 Å². The Balaban J connectivity index is 1.56. The molecule has 130 valence electrons. The fourth-order valence-corrected chi connectivity index (χ4v) is 4.10. The Kier molecular flexibility index (Phi) is 4.40. The fourth-order valence-electron chi connectivity index (χ4n) is 3.27. The second-order valence-corrected chi connectivity index (χ2v) is 7.14. The summed E-state index contributed by atoms with van der Waals surface area (Å²) in [6.45, 7) is 0. The van der Waals surface area contributed by atoms with Gasteiger partial charge < -0.3 is 4.74 Å². The van der Waals surface area contributed by atoms with Crippen molar-refractivity contribution >= 4 is 28.2 Å². The molecular weight excluding hydrogens is 336 g/mol. The number of hydrogen-bond donors (Lipinski definition) is 1. The molecule has 1 amide bonds. The molecule has 2 aromatic heterocycles.